The second-order valence-corrected chi connectivity index (χ2v) is 13.1. The van der Waals surface area contributed by atoms with E-state index in [-0.39, 0.29) is 31.7 Å². The first-order chi connectivity index (χ1) is 21.7. The molecule has 1 aliphatic rings. The van der Waals surface area contributed by atoms with Gasteiger partial charge in [-0.25, -0.2) is 4.57 Å². The van der Waals surface area contributed by atoms with Crippen LogP contribution in [0.4, 0.5) is 0 Å². The molecule has 1 aliphatic heterocycles. The van der Waals surface area contributed by atoms with Gasteiger partial charge >= 0.3 is 19.8 Å². The standard InChI is InChI=1S/C35H61O9P/c1-3-5-7-9-11-13-15-17-21-25-32-33(44-32)26-22-19-20-23-27-34(36)41-29-31(30-42-45(38,39)40)43-35(37)28-24-18-16-14-12-10-8-6-4-2/h11,13,17,19,21-22,31-33H,3-10,12,14-16,18,20,23-30H2,1-2H3,(H2,38,39,40)/b13-11-,21-17-,22-19-/t31-,32?,33?/m1/s1. The molecule has 1 heterocycles. The minimum absolute atomic E-state index is 0.184. The number of carbonyl (C=O) groups excluding carboxylic acids is 2. The Labute approximate surface area is 272 Å². The Morgan fingerprint density at radius 1 is 0.689 bits per heavy atom. The average molecular weight is 657 g/mol. The predicted octanol–water partition coefficient (Wildman–Crippen LogP) is 8.83. The van der Waals surface area contributed by atoms with Crippen LogP contribution in [0.3, 0.4) is 0 Å². The summed E-state index contributed by atoms with van der Waals surface area (Å²) in [5, 5.41) is 0. The fourth-order valence-corrected chi connectivity index (χ4v) is 5.18. The van der Waals surface area contributed by atoms with E-state index in [1.54, 1.807) is 0 Å². The van der Waals surface area contributed by atoms with Gasteiger partial charge < -0.3 is 24.0 Å². The maximum atomic E-state index is 12.3. The highest BCUT2D eigenvalue weighted by molar-refractivity contribution is 7.46. The predicted molar refractivity (Wildman–Crippen MR) is 179 cm³/mol. The largest absolute Gasteiger partial charge is 0.469 e. The molecular weight excluding hydrogens is 595 g/mol. The van der Waals surface area contributed by atoms with Crippen molar-refractivity contribution in [3.63, 3.8) is 0 Å². The highest BCUT2D eigenvalue weighted by atomic mass is 31.2. The lowest BCUT2D eigenvalue weighted by atomic mass is 10.1. The van der Waals surface area contributed by atoms with E-state index in [2.05, 4.69) is 48.8 Å². The van der Waals surface area contributed by atoms with Crippen molar-refractivity contribution in [1.29, 1.82) is 0 Å². The van der Waals surface area contributed by atoms with Crippen LogP contribution in [0.1, 0.15) is 142 Å². The van der Waals surface area contributed by atoms with Gasteiger partial charge in [0.1, 0.15) is 6.61 Å². The van der Waals surface area contributed by atoms with Crippen LogP contribution in [0.2, 0.25) is 0 Å². The molecule has 0 aromatic heterocycles. The van der Waals surface area contributed by atoms with Crippen LogP contribution in [0.5, 0.6) is 0 Å². The number of carbonyl (C=O) groups is 2. The van der Waals surface area contributed by atoms with Gasteiger partial charge in [0.2, 0.25) is 0 Å². The van der Waals surface area contributed by atoms with Crippen LogP contribution in [0.25, 0.3) is 0 Å². The van der Waals surface area contributed by atoms with E-state index in [0.29, 0.717) is 12.8 Å². The van der Waals surface area contributed by atoms with E-state index in [9.17, 15) is 14.2 Å². The van der Waals surface area contributed by atoms with Crippen molar-refractivity contribution in [1.82, 2.24) is 0 Å². The summed E-state index contributed by atoms with van der Waals surface area (Å²) in [6.45, 7) is 3.54. The number of hydrogen-bond acceptors (Lipinski definition) is 7. The summed E-state index contributed by atoms with van der Waals surface area (Å²) < 4.78 is 31.9. The van der Waals surface area contributed by atoms with Crippen LogP contribution in [-0.2, 0) is 32.9 Å². The van der Waals surface area contributed by atoms with E-state index in [1.165, 1.54) is 51.4 Å². The molecule has 3 atom stereocenters. The summed E-state index contributed by atoms with van der Waals surface area (Å²) in [6, 6.07) is 0. The number of esters is 2. The first kappa shape index (κ1) is 41.3. The SMILES string of the molecule is CCCCC/C=C\C/C=C\CC1OC1C/C=C\CCCC(=O)OC[C@H](COP(=O)(O)O)OC(=O)CCCCCCCCCCC. The van der Waals surface area contributed by atoms with Crippen molar-refractivity contribution in [2.75, 3.05) is 13.2 Å². The van der Waals surface area contributed by atoms with Crippen LogP contribution >= 0.6 is 7.82 Å². The Balaban J connectivity index is 2.17. The molecule has 9 nitrogen and oxygen atoms in total. The van der Waals surface area contributed by atoms with Crippen LogP contribution < -0.4 is 0 Å². The van der Waals surface area contributed by atoms with Gasteiger partial charge in [-0.1, -0.05) is 115 Å². The van der Waals surface area contributed by atoms with Crippen molar-refractivity contribution in [3.8, 4) is 0 Å². The van der Waals surface area contributed by atoms with E-state index in [0.717, 1.165) is 51.4 Å². The fraction of sp³-hybridized carbons (Fsp3) is 0.771. The molecule has 1 saturated heterocycles. The molecule has 2 unspecified atom stereocenters. The number of epoxide rings is 1. The van der Waals surface area contributed by atoms with E-state index >= 15 is 0 Å². The topological polar surface area (TPSA) is 132 Å². The molecule has 1 rings (SSSR count). The summed E-state index contributed by atoms with van der Waals surface area (Å²) in [7, 11) is -4.76. The molecule has 0 radical (unpaired) electrons. The van der Waals surface area contributed by atoms with Gasteiger partial charge in [-0.3, -0.25) is 14.1 Å². The second-order valence-electron chi connectivity index (χ2n) is 11.9. The molecule has 0 bridgehead atoms. The fourth-order valence-electron chi connectivity index (χ4n) is 4.82. The molecule has 260 valence electrons. The van der Waals surface area contributed by atoms with Crippen LogP contribution in [-0.4, -0.2) is 53.3 Å². The molecule has 2 N–H and O–H groups in total. The van der Waals surface area contributed by atoms with Gasteiger partial charge in [-0.05, 0) is 51.4 Å². The molecule has 10 heteroatoms. The molecule has 0 spiro atoms. The zero-order valence-electron chi connectivity index (χ0n) is 28.0. The Morgan fingerprint density at radius 3 is 1.89 bits per heavy atom. The number of phosphoric acid groups is 1. The van der Waals surface area contributed by atoms with Gasteiger partial charge in [0.25, 0.3) is 0 Å². The average Bonchev–Trinajstić information content (AvgIpc) is 3.76. The highest BCUT2D eigenvalue weighted by Crippen LogP contribution is 2.36. The molecule has 0 aromatic carbocycles. The zero-order valence-corrected chi connectivity index (χ0v) is 28.8. The van der Waals surface area contributed by atoms with Gasteiger partial charge in [-0.15, -0.1) is 0 Å². The second kappa shape index (κ2) is 27.4. The third-order valence-corrected chi connectivity index (χ3v) is 8.05. The quantitative estimate of drug-likeness (QED) is 0.0256. The lowest BCUT2D eigenvalue weighted by molar-refractivity contribution is -0.161. The normalized spacial score (nSPS) is 17.4. The molecule has 0 saturated carbocycles. The van der Waals surface area contributed by atoms with Crippen molar-refractivity contribution in [2.24, 2.45) is 0 Å². The van der Waals surface area contributed by atoms with Gasteiger partial charge in [0, 0.05) is 12.8 Å². The van der Waals surface area contributed by atoms with E-state index in [4.69, 9.17) is 24.0 Å². The monoisotopic (exact) mass is 656 g/mol. The number of hydrogen-bond donors (Lipinski definition) is 2. The summed E-state index contributed by atoms with van der Waals surface area (Å²) >= 11 is 0. The Kier molecular flexibility index (Phi) is 25.1. The lowest BCUT2D eigenvalue weighted by Crippen LogP contribution is -2.29. The van der Waals surface area contributed by atoms with Crippen molar-refractivity contribution in [2.45, 2.75) is 161 Å². The van der Waals surface area contributed by atoms with E-state index in [1.807, 2.05) is 6.08 Å². The van der Waals surface area contributed by atoms with Crippen LogP contribution in [0.15, 0.2) is 36.5 Å². The van der Waals surface area contributed by atoms with Gasteiger partial charge in [-0.2, -0.15) is 0 Å². The highest BCUT2D eigenvalue weighted by Gasteiger charge is 2.36. The molecule has 0 amide bonds. The third kappa shape index (κ3) is 27.1. The molecule has 0 aromatic rings. The summed E-state index contributed by atoms with van der Waals surface area (Å²) in [5.74, 6) is -0.964. The molecule has 1 fully saturated rings. The first-order valence-corrected chi connectivity index (χ1v) is 18.9. The number of ether oxygens (including phenoxy) is 3. The van der Waals surface area contributed by atoms with Crippen molar-refractivity contribution >= 4 is 19.8 Å². The molecule has 0 aliphatic carbocycles. The molecule has 45 heavy (non-hydrogen) atoms. The Bertz CT molecular complexity index is 896. The zero-order chi connectivity index (χ0) is 33.0. The summed E-state index contributed by atoms with van der Waals surface area (Å²) in [4.78, 5) is 42.5. The number of phosphoric ester groups is 1. The van der Waals surface area contributed by atoms with Gasteiger partial charge in [0.15, 0.2) is 6.10 Å². The maximum Gasteiger partial charge on any atom is 0.469 e. The summed E-state index contributed by atoms with van der Waals surface area (Å²) in [5.41, 5.74) is 0. The third-order valence-electron chi connectivity index (χ3n) is 7.56. The van der Waals surface area contributed by atoms with Crippen LogP contribution in [0, 0.1) is 0 Å². The lowest BCUT2D eigenvalue weighted by Gasteiger charge is -2.18. The first-order valence-electron chi connectivity index (χ1n) is 17.4. The number of rotatable bonds is 30. The summed E-state index contributed by atoms with van der Waals surface area (Å²) in [6.07, 6.45) is 31.9. The van der Waals surface area contributed by atoms with Crippen molar-refractivity contribution < 1.29 is 42.7 Å². The Morgan fingerprint density at radius 2 is 1.22 bits per heavy atom. The maximum absolute atomic E-state index is 12.3. The molecular formula is C35H61O9P. The van der Waals surface area contributed by atoms with E-state index < -0.39 is 32.5 Å². The minimum atomic E-state index is -4.76. The van der Waals surface area contributed by atoms with Crippen molar-refractivity contribution in [3.05, 3.63) is 36.5 Å². The Hall–Kier alpha value is -1.77. The smallest absolute Gasteiger partial charge is 0.462 e. The minimum Gasteiger partial charge on any atom is -0.462 e. The van der Waals surface area contributed by atoms with Gasteiger partial charge in [0.05, 0.1) is 18.8 Å². The number of unbranched alkanes of at least 4 members (excludes halogenated alkanes) is 12. The number of allylic oxidation sites excluding steroid dienone is 4.